The number of amides is 1. The third-order valence-electron chi connectivity index (χ3n) is 3.10. The minimum absolute atomic E-state index is 0.164. The molecule has 2 aromatic rings. The molecule has 0 saturated heterocycles. The standard InChI is InChI=1S/C16H21N5O2S2/c1-10(2)9-23-13-7-5-6-12(8-13)14(22)17-15(24)20-21-11(3)18-19-16(21)25-4/h5-8,10H,9H2,1-4H3,(H2,17,20,22,24). The van der Waals surface area contributed by atoms with E-state index in [1.54, 1.807) is 29.8 Å². The lowest BCUT2D eigenvalue weighted by Crippen LogP contribution is -2.38. The van der Waals surface area contributed by atoms with Gasteiger partial charge in [-0.3, -0.25) is 15.5 Å². The fourth-order valence-corrected chi connectivity index (χ4v) is 2.57. The summed E-state index contributed by atoms with van der Waals surface area (Å²) in [6, 6.07) is 6.99. The van der Waals surface area contributed by atoms with Crippen LogP contribution in [-0.4, -0.2) is 38.8 Å². The van der Waals surface area contributed by atoms with Crippen LogP contribution in [-0.2, 0) is 0 Å². The van der Waals surface area contributed by atoms with Crippen molar-refractivity contribution in [3.05, 3.63) is 35.7 Å². The summed E-state index contributed by atoms with van der Waals surface area (Å²) in [5.41, 5.74) is 3.37. The molecule has 0 spiro atoms. The summed E-state index contributed by atoms with van der Waals surface area (Å²) in [5, 5.41) is 11.4. The molecule has 2 rings (SSSR count). The Balaban J connectivity index is 2.00. The fourth-order valence-electron chi connectivity index (χ4n) is 1.90. The number of thiocarbonyl (C=S) groups is 1. The Morgan fingerprint density at radius 2 is 2.16 bits per heavy atom. The first-order valence-corrected chi connectivity index (χ1v) is 9.35. The van der Waals surface area contributed by atoms with Crippen LogP contribution in [0.5, 0.6) is 5.75 Å². The minimum atomic E-state index is -0.316. The lowest BCUT2D eigenvalue weighted by Gasteiger charge is -2.13. The second kappa shape index (κ2) is 8.82. The molecule has 0 radical (unpaired) electrons. The van der Waals surface area contributed by atoms with E-state index >= 15 is 0 Å². The number of thioether (sulfide) groups is 1. The molecular weight excluding hydrogens is 358 g/mol. The van der Waals surface area contributed by atoms with Gasteiger partial charge in [-0.05, 0) is 49.5 Å². The van der Waals surface area contributed by atoms with E-state index in [0.29, 0.717) is 34.8 Å². The Hall–Kier alpha value is -2.13. The summed E-state index contributed by atoms with van der Waals surface area (Å²) in [5.74, 6) is 1.39. The lowest BCUT2D eigenvalue weighted by atomic mass is 10.2. The van der Waals surface area contributed by atoms with Gasteiger partial charge in [-0.2, -0.15) is 0 Å². The summed E-state index contributed by atoms with van der Waals surface area (Å²) >= 11 is 6.62. The first kappa shape index (κ1) is 19.2. The highest BCUT2D eigenvalue weighted by Gasteiger charge is 2.12. The van der Waals surface area contributed by atoms with Crippen LogP contribution in [0.3, 0.4) is 0 Å². The normalized spacial score (nSPS) is 10.6. The van der Waals surface area contributed by atoms with Crippen LogP contribution in [0.2, 0.25) is 0 Å². The van der Waals surface area contributed by atoms with Crippen molar-refractivity contribution in [1.29, 1.82) is 0 Å². The molecule has 0 bridgehead atoms. The topological polar surface area (TPSA) is 81.1 Å². The van der Waals surface area contributed by atoms with Crippen LogP contribution in [0.1, 0.15) is 30.0 Å². The van der Waals surface area contributed by atoms with Crippen molar-refractivity contribution in [2.45, 2.75) is 25.9 Å². The summed E-state index contributed by atoms with van der Waals surface area (Å²) in [7, 11) is 0. The van der Waals surface area contributed by atoms with Crippen LogP contribution >= 0.6 is 24.0 Å². The van der Waals surface area contributed by atoms with Gasteiger partial charge < -0.3 is 4.74 Å². The van der Waals surface area contributed by atoms with Gasteiger partial charge in [0, 0.05) is 5.56 Å². The molecule has 0 aliphatic heterocycles. The van der Waals surface area contributed by atoms with E-state index in [-0.39, 0.29) is 11.0 Å². The molecule has 0 fully saturated rings. The number of rotatable bonds is 6. The predicted octanol–water partition coefficient (Wildman–Crippen LogP) is 2.60. The van der Waals surface area contributed by atoms with Gasteiger partial charge in [0.2, 0.25) is 5.16 Å². The predicted molar refractivity (Wildman–Crippen MR) is 103 cm³/mol. The summed E-state index contributed by atoms with van der Waals surface area (Å²) in [6.07, 6.45) is 1.88. The zero-order valence-corrected chi connectivity index (χ0v) is 16.2. The number of benzene rings is 1. The van der Waals surface area contributed by atoms with Gasteiger partial charge in [0.1, 0.15) is 11.6 Å². The Kier molecular flexibility index (Phi) is 6.77. The zero-order valence-electron chi connectivity index (χ0n) is 14.6. The van der Waals surface area contributed by atoms with Gasteiger partial charge in [0.05, 0.1) is 6.61 Å². The van der Waals surface area contributed by atoms with Gasteiger partial charge >= 0.3 is 0 Å². The number of aryl methyl sites for hydroxylation is 1. The third-order valence-corrected chi connectivity index (χ3v) is 3.92. The van der Waals surface area contributed by atoms with Crippen molar-refractivity contribution in [1.82, 2.24) is 20.2 Å². The third kappa shape index (κ3) is 5.43. The molecule has 0 atom stereocenters. The monoisotopic (exact) mass is 379 g/mol. The first-order chi connectivity index (χ1) is 11.9. The van der Waals surface area contributed by atoms with Crippen LogP contribution in [0, 0.1) is 12.8 Å². The number of nitrogens with one attached hydrogen (secondary N) is 2. The number of nitrogens with zero attached hydrogens (tertiary/aromatic N) is 3. The van der Waals surface area contributed by atoms with Crippen molar-refractivity contribution >= 4 is 35.0 Å². The molecular formula is C16H21N5O2S2. The largest absolute Gasteiger partial charge is 0.493 e. The van der Waals surface area contributed by atoms with Gasteiger partial charge in [-0.1, -0.05) is 31.7 Å². The van der Waals surface area contributed by atoms with Crippen molar-refractivity contribution in [3.8, 4) is 5.75 Å². The maximum atomic E-state index is 12.4. The second-order valence-electron chi connectivity index (χ2n) is 5.70. The molecule has 1 heterocycles. The van der Waals surface area contributed by atoms with E-state index < -0.39 is 0 Å². The average molecular weight is 380 g/mol. The molecule has 1 aromatic heterocycles. The highest BCUT2D eigenvalue weighted by Crippen LogP contribution is 2.14. The molecule has 7 nitrogen and oxygen atoms in total. The van der Waals surface area contributed by atoms with E-state index in [1.165, 1.54) is 11.8 Å². The van der Waals surface area contributed by atoms with Crippen LogP contribution < -0.4 is 15.5 Å². The summed E-state index contributed by atoms with van der Waals surface area (Å²) in [6.45, 7) is 6.52. The second-order valence-corrected chi connectivity index (χ2v) is 6.88. The smallest absolute Gasteiger partial charge is 0.257 e. The van der Waals surface area contributed by atoms with Crippen LogP contribution in [0.4, 0.5) is 0 Å². The highest BCUT2D eigenvalue weighted by atomic mass is 32.2. The Labute approximate surface area is 156 Å². The van der Waals surface area contributed by atoms with Gasteiger partial charge in [0.25, 0.3) is 5.91 Å². The Morgan fingerprint density at radius 3 is 2.84 bits per heavy atom. The van der Waals surface area contributed by atoms with Gasteiger partial charge in [-0.25, -0.2) is 4.68 Å². The van der Waals surface area contributed by atoms with Crippen molar-refractivity contribution < 1.29 is 9.53 Å². The van der Waals surface area contributed by atoms with Crippen molar-refractivity contribution in [3.63, 3.8) is 0 Å². The number of carbonyl (C=O) groups excluding carboxylic acids is 1. The molecule has 0 unspecified atom stereocenters. The highest BCUT2D eigenvalue weighted by molar-refractivity contribution is 7.98. The van der Waals surface area contributed by atoms with Crippen molar-refractivity contribution in [2.24, 2.45) is 5.92 Å². The van der Waals surface area contributed by atoms with Crippen molar-refractivity contribution in [2.75, 3.05) is 18.3 Å². The van der Waals surface area contributed by atoms with Crippen LogP contribution in [0.25, 0.3) is 0 Å². The van der Waals surface area contributed by atoms with E-state index in [9.17, 15) is 4.79 Å². The number of carbonyl (C=O) groups is 1. The van der Waals surface area contributed by atoms with Gasteiger partial charge in [0.15, 0.2) is 5.11 Å². The number of hydrogen-bond acceptors (Lipinski definition) is 6. The maximum absolute atomic E-state index is 12.4. The van der Waals surface area contributed by atoms with Crippen LogP contribution in [0.15, 0.2) is 29.4 Å². The molecule has 25 heavy (non-hydrogen) atoms. The number of hydrogen-bond donors (Lipinski definition) is 2. The molecule has 0 aliphatic carbocycles. The van der Waals surface area contributed by atoms with E-state index in [0.717, 1.165) is 0 Å². The molecule has 2 N–H and O–H groups in total. The Morgan fingerprint density at radius 1 is 1.40 bits per heavy atom. The lowest BCUT2D eigenvalue weighted by molar-refractivity contribution is 0.0977. The van der Waals surface area contributed by atoms with E-state index in [1.807, 2.05) is 12.3 Å². The molecule has 1 amide bonds. The van der Waals surface area contributed by atoms with E-state index in [2.05, 4.69) is 34.8 Å². The maximum Gasteiger partial charge on any atom is 0.257 e. The molecule has 9 heteroatoms. The first-order valence-electron chi connectivity index (χ1n) is 7.72. The van der Waals surface area contributed by atoms with Gasteiger partial charge in [-0.15, -0.1) is 10.2 Å². The average Bonchev–Trinajstić information content (AvgIpc) is 2.93. The quantitative estimate of drug-likeness (QED) is 0.590. The number of aromatic nitrogens is 3. The summed E-state index contributed by atoms with van der Waals surface area (Å²) in [4.78, 5) is 12.4. The SMILES string of the molecule is CSc1nnc(C)n1NC(=S)NC(=O)c1cccc(OCC(C)C)c1. The Bertz CT molecular complexity index is 761. The minimum Gasteiger partial charge on any atom is -0.493 e. The zero-order chi connectivity index (χ0) is 18.4. The van der Waals surface area contributed by atoms with E-state index in [4.69, 9.17) is 17.0 Å². The molecule has 0 aliphatic rings. The molecule has 0 saturated carbocycles. The fraction of sp³-hybridized carbons (Fsp3) is 0.375. The summed E-state index contributed by atoms with van der Waals surface area (Å²) < 4.78 is 7.26. The number of ether oxygens (including phenoxy) is 1. The molecule has 1 aromatic carbocycles. The molecule has 134 valence electrons.